The Morgan fingerprint density at radius 3 is 2.50 bits per heavy atom. The number of aromatic nitrogens is 1. The first-order valence-corrected chi connectivity index (χ1v) is 10.6. The Labute approximate surface area is 187 Å². The number of thiazole rings is 1. The van der Waals surface area contributed by atoms with Crippen LogP contribution in [0.5, 0.6) is 11.5 Å². The van der Waals surface area contributed by atoms with Gasteiger partial charge in [-0.15, -0.1) is 0 Å². The zero-order valence-corrected chi connectivity index (χ0v) is 19.1. The van der Waals surface area contributed by atoms with E-state index in [1.165, 1.54) is 30.1 Å². The molecule has 32 heavy (non-hydrogen) atoms. The quantitative estimate of drug-likeness (QED) is 0.550. The van der Waals surface area contributed by atoms with E-state index in [2.05, 4.69) is 4.99 Å². The van der Waals surface area contributed by atoms with Crippen LogP contribution in [0.3, 0.4) is 0 Å². The van der Waals surface area contributed by atoms with Gasteiger partial charge in [0, 0.05) is 6.08 Å². The third-order valence-electron chi connectivity index (χ3n) is 5.18. The van der Waals surface area contributed by atoms with Crippen molar-refractivity contribution in [2.45, 2.75) is 19.9 Å². The van der Waals surface area contributed by atoms with E-state index >= 15 is 0 Å². The van der Waals surface area contributed by atoms with Gasteiger partial charge in [-0.05, 0) is 43.7 Å². The summed E-state index contributed by atoms with van der Waals surface area (Å²) in [7, 11) is 4.38. The van der Waals surface area contributed by atoms with Gasteiger partial charge in [0.25, 0.3) is 5.56 Å². The fraction of sp³-hybridized carbons (Fsp3) is 0.261. The Morgan fingerprint density at radius 2 is 1.88 bits per heavy atom. The van der Waals surface area contributed by atoms with Crippen LogP contribution in [0.2, 0.25) is 0 Å². The van der Waals surface area contributed by atoms with Gasteiger partial charge in [0.2, 0.25) is 0 Å². The SMILES string of the molecule is COC(=O)C1=C(C)N=c2sc(=Cc3ccc(C)o3)c(=O)n2C1c1ccc(OC)c(OC)c1. The Hall–Kier alpha value is -3.59. The van der Waals surface area contributed by atoms with Crippen molar-refractivity contribution in [1.82, 2.24) is 4.57 Å². The molecule has 1 unspecified atom stereocenters. The number of aryl methyl sites for hydroxylation is 1. The fourth-order valence-corrected chi connectivity index (χ4v) is 4.72. The molecule has 4 rings (SSSR count). The summed E-state index contributed by atoms with van der Waals surface area (Å²) in [4.78, 5) is 31.2. The molecule has 0 radical (unpaired) electrons. The van der Waals surface area contributed by atoms with E-state index in [4.69, 9.17) is 18.6 Å². The molecular formula is C23H22N2O6S. The molecule has 3 heterocycles. The lowest BCUT2D eigenvalue weighted by molar-refractivity contribution is -0.136. The van der Waals surface area contributed by atoms with Crippen LogP contribution in [0.15, 0.2) is 55.8 Å². The normalized spacial score (nSPS) is 15.9. The minimum absolute atomic E-state index is 0.281. The molecular weight excluding hydrogens is 432 g/mol. The van der Waals surface area contributed by atoms with Gasteiger partial charge < -0.3 is 18.6 Å². The van der Waals surface area contributed by atoms with E-state index in [-0.39, 0.29) is 11.1 Å². The molecule has 1 aliphatic rings. The third kappa shape index (κ3) is 3.64. The van der Waals surface area contributed by atoms with Crippen molar-refractivity contribution in [3.8, 4) is 11.5 Å². The first kappa shape index (κ1) is 21.6. The number of fused-ring (bicyclic) bond motifs is 1. The van der Waals surface area contributed by atoms with Crippen molar-refractivity contribution >= 4 is 23.4 Å². The van der Waals surface area contributed by atoms with Crippen molar-refractivity contribution in [2.24, 2.45) is 4.99 Å². The highest BCUT2D eigenvalue weighted by atomic mass is 32.1. The molecule has 0 fully saturated rings. The molecule has 1 aliphatic heterocycles. The van der Waals surface area contributed by atoms with E-state index in [0.717, 1.165) is 5.76 Å². The van der Waals surface area contributed by atoms with Gasteiger partial charge >= 0.3 is 5.97 Å². The minimum Gasteiger partial charge on any atom is -0.493 e. The van der Waals surface area contributed by atoms with Crippen LogP contribution >= 0.6 is 11.3 Å². The van der Waals surface area contributed by atoms with E-state index in [1.807, 2.05) is 13.0 Å². The van der Waals surface area contributed by atoms with Gasteiger partial charge in [-0.1, -0.05) is 17.4 Å². The molecule has 0 bridgehead atoms. The number of ether oxygens (including phenoxy) is 3. The number of allylic oxidation sites excluding steroid dienone is 1. The van der Waals surface area contributed by atoms with Crippen molar-refractivity contribution in [1.29, 1.82) is 0 Å². The number of carbonyl (C=O) groups is 1. The lowest BCUT2D eigenvalue weighted by atomic mass is 9.95. The maximum Gasteiger partial charge on any atom is 0.338 e. The molecule has 166 valence electrons. The summed E-state index contributed by atoms with van der Waals surface area (Å²) >= 11 is 1.23. The number of hydrogen-bond acceptors (Lipinski definition) is 8. The number of esters is 1. The average molecular weight is 455 g/mol. The molecule has 0 saturated heterocycles. The first-order chi connectivity index (χ1) is 15.4. The van der Waals surface area contributed by atoms with Gasteiger partial charge in [-0.3, -0.25) is 9.36 Å². The molecule has 9 heteroatoms. The van der Waals surface area contributed by atoms with E-state index in [1.54, 1.807) is 44.4 Å². The van der Waals surface area contributed by atoms with Crippen LogP contribution in [0.4, 0.5) is 0 Å². The lowest BCUT2D eigenvalue weighted by Crippen LogP contribution is -2.39. The number of benzene rings is 1. The molecule has 1 atom stereocenters. The van der Waals surface area contributed by atoms with Crippen molar-refractivity contribution in [2.75, 3.05) is 21.3 Å². The average Bonchev–Trinajstić information content (AvgIpc) is 3.34. The lowest BCUT2D eigenvalue weighted by Gasteiger charge is -2.25. The summed E-state index contributed by atoms with van der Waals surface area (Å²) in [6, 6.07) is 8.16. The fourth-order valence-electron chi connectivity index (χ4n) is 3.69. The highest BCUT2D eigenvalue weighted by Gasteiger charge is 2.33. The summed E-state index contributed by atoms with van der Waals surface area (Å²) in [5.74, 6) is 1.78. The van der Waals surface area contributed by atoms with Crippen molar-refractivity contribution < 1.29 is 23.4 Å². The minimum atomic E-state index is -0.737. The van der Waals surface area contributed by atoms with Crippen LogP contribution in [0.1, 0.15) is 30.0 Å². The highest BCUT2D eigenvalue weighted by molar-refractivity contribution is 7.07. The molecule has 0 spiro atoms. The zero-order valence-electron chi connectivity index (χ0n) is 18.3. The summed E-state index contributed by atoms with van der Waals surface area (Å²) in [6.07, 6.45) is 1.68. The first-order valence-electron chi connectivity index (χ1n) is 9.77. The number of rotatable bonds is 5. The Morgan fingerprint density at radius 1 is 1.12 bits per heavy atom. The van der Waals surface area contributed by atoms with Crippen LogP contribution in [-0.4, -0.2) is 31.9 Å². The standard InChI is InChI=1S/C23H22N2O6S/c1-12-6-8-15(31-12)11-18-21(26)25-20(14-7-9-16(28-3)17(10-14)29-4)19(22(27)30-5)13(2)24-23(25)32-18/h6-11,20H,1-5H3. The largest absolute Gasteiger partial charge is 0.493 e. The Balaban J connectivity index is 1.98. The Bertz CT molecular complexity index is 1410. The van der Waals surface area contributed by atoms with Crippen LogP contribution in [0, 0.1) is 6.92 Å². The number of nitrogens with zero attached hydrogens (tertiary/aromatic N) is 2. The second-order valence-electron chi connectivity index (χ2n) is 7.14. The van der Waals surface area contributed by atoms with Crippen molar-refractivity contribution in [3.05, 3.63) is 78.4 Å². The molecule has 8 nitrogen and oxygen atoms in total. The summed E-state index contributed by atoms with van der Waals surface area (Å²) < 4.78 is 23.3. The van der Waals surface area contributed by atoms with Gasteiger partial charge in [-0.25, -0.2) is 9.79 Å². The second-order valence-corrected chi connectivity index (χ2v) is 8.15. The van der Waals surface area contributed by atoms with E-state index in [0.29, 0.717) is 37.9 Å². The van der Waals surface area contributed by atoms with E-state index < -0.39 is 12.0 Å². The summed E-state index contributed by atoms with van der Waals surface area (Å²) in [5, 5.41) is 0. The zero-order chi connectivity index (χ0) is 23.0. The molecule has 3 aromatic rings. The summed E-state index contributed by atoms with van der Waals surface area (Å²) in [5.41, 5.74) is 1.15. The van der Waals surface area contributed by atoms with Gasteiger partial charge in [0.15, 0.2) is 16.3 Å². The molecule has 0 aliphatic carbocycles. The van der Waals surface area contributed by atoms with E-state index in [9.17, 15) is 9.59 Å². The number of methoxy groups -OCH3 is 3. The van der Waals surface area contributed by atoms with Crippen LogP contribution < -0.4 is 24.4 Å². The molecule has 0 N–H and O–H groups in total. The Kier molecular flexibility index (Phi) is 5.75. The number of hydrogen-bond donors (Lipinski definition) is 0. The predicted octanol–water partition coefficient (Wildman–Crippen LogP) is 2.33. The molecule has 0 amide bonds. The predicted molar refractivity (Wildman–Crippen MR) is 119 cm³/mol. The number of carbonyl (C=O) groups excluding carboxylic acids is 1. The molecule has 0 saturated carbocycles. The van der Waals surface area contributed by atoms with Gasteiger partial charge in [-0.2, -0.15) is 0 Å². The maximum absolute atomic E-state index is 13.5. The topological polar surface area (TPSA) is 92.3 Å². The molecule has 2 aromatic heterocycles. The van der Waals surface area contributed by atoms with Crippen molar-refractivity contribution in [3.63, 3.8) is 0 Å². The second kappa shape index (κ2) is 8.51. The van der Waals surface area contributed by atoms with Crippen LogP contribution in [-0.2, 0) is 9.53 Å². The van der Waals surface area contributed by atoms with Gasteiger partial charge in [0.1, 0.15) is 11.5 Å². The van der Waals surface area contributed by atoms with Crippen LogP contribution in [0.25, 0.3) is 6.08 Å². The smallest absolute Gasteiger partial charge is 0.338 e. The van der Waals surface area contributed by atoms with Gasteiger partial charge in [0.05, 0.1) is 43.2 Å². The highest BCUT2D eigenvalue weighted by Crippen LogP contribution is 2.35. The monoisotopic (exact) mass is 454 g/mol. The third-order valence-corrected chi connectivity index (χ3v) is 6.17. The number of furan rings is 1. The summed E-state index contributed by atoms with van der Waals surface area (Å²) in [6.45, 7) is 3.56. The maximum atomic E-state index is 13.5. The molecule has 1 aromatic carbocycles.